The molecule has 0 saturated carbocycles. The molecule has 2 aromatic rings. The monoisotopic (exact) mass is 553 g/mol. The van der Waals surface area contributed by atoms with E-state index in [1.54, 1.807) is 13.2 Å². The number of anilines is 1. The lowest BCUT2D eigenvalue weighted by molar-refractivity contribution is 0.293. The smallest absolute Gasteiger partial charge is 0.194 e. The number of piperazine rings is 1. The Labute approximate surface area is 209 Å². The zero-order valence-corrected chi connectivity index (χ0v) is 21.8. The van der Waals surface area contributed by atoms with Gasteiger partial charge < -0.3 is 29.9 Å². The van der Waals surface area contributed by atoms with Crippen LogP contribution in [0.15, 0.2) is 53.5 Å². The van der Waals surface area contributed by atoms with Gasteiger partial charge in [-0.1, -0.05) is 30.3 Å². The van der Waals surface area contributed by atoms with Gasteiger partial charge in [0.15, 0.2) is 5.96 Å². The van der Waals surface area contributed by atoms with E-state index in [4.69, 9.17) is 9.73 Å². The Morgan fingerprint density at radius 1 is 1.09 bits per heavy atom. The van der Waals surface area contributed by atoms with Crippen molar-refractivity contribution in [2.75, 3.05) is 65.4 Å². The first kappa shape index (κ1) is 26.1. The topological polar surface area (TPSA) is 63.6 Å². The number of para-hydroxylation sites is 3. The first-order valence-electron chi connectivity index (χ1n) is 10.9. The van der Waals surface area contributed by atoms with Gasteiger partial charge in [0.2, 0.25) is 0 Å². The Morgan fingerprint density at radius 3 is 2.38 bits per heavy atom. The molecule has 32 heavy (non-hydrogen) atoms. The van der Waals surface area contributed by atoms with E-state index < -0.39 is 0 Å². The van der Waals surface area contributed by atoms with Crippen LogP contribution in [0.5, 0.6) is 11.5 Å². The van der Waals surface area contributed by atoms with Crippen molar-refractivity contribution in [3.63, 3.8) is 0 Å². The van der Waals surface area contributed by atoms with Crippen molar-refractivity contribution in [1.82, 2.24) is 15.1 Å². The Hall–Kier alpha value is -2.20. The number of hydrogen-bond donors (Lipinski definition) is 2. The number of aliphatic imine (C=N–C) groups is 1. The summed E-state index contributed by atoms with van der Waals surface area (Å²) in [6.07, 6.45) is 0. The van der Waals surface area contributed by atoms with Crippen molar-refractivity contribution < 1.29 is 9.84 Å². The zero-order valence-electron chi connectivity index (χ0n) is 19.5. The number of benzene rings is 2. The molecule has 2 N–H and O–H groups in total. The fourth-order valence-electron chi connectivity index (χ4n) is 3.97. The Kier molecular flexibility index (Phi) is 10.4. The lowest BCUT2D eigenvalue weighted by atomic mass is 10.0. The molecular formula is C24H36IN5O2. The van der Waals surface area contributed by atoms with Gasteiger partial charge in [0.05, 0.1) is 25.4 Å². The van der Waals surface area contributed by atoms with E-state index >= 15 is 0 Å². The number of nitrogens with one attached hydrogen (secondary N) is 1. The van der Waals surface area contributed by atoms with Crippen LogP contribution in [0, 0.1) is 0 Å². The van der Waals surface area contributed by atoms with Crippen LogP contribution in [0.3, 0.4) is 0 Å². The molecule has 0 bridgehead atoms. The summed E-state index contributed by atoms with van der Waals surface area (Å²) in [5.74, 6) is 2.15. The van der Waals surface area contributed by atoms with Gasteiger partial charge >= 0.3 is 0 Å². The molecule has 1 saturated heterocycles. The SMILES string of the molecule is CCNC(=NCC(c1ccccc1OC)N(C)C)N1CCN(c2ccccc2O)CC1.I. The van der Waals surface area contributed by atoms with Crippen molar-refractivity contribution >= 4 is 35.6 Å². The summed E-state index contributed by atoms with van der Waals surface area (Å²) in [4.78, 5) is 11.7. The van der Waals surface area contributed by atoms with E-state index in [9.17, 15) is 5.11 Å². The number of guanidine groups is 1. The summed E-state index contributed by atoms with van der Waals surface area (Å²) in [7, 11) is 5.86. The third-order valence-electron chi connectivity index (χ3n) is 5.67. The number of rotatable bonds is 7. The van der Waals surface area contributed by atoms with Gasteiger partial charge in [-0.05, 0) is 39.2 Å². The largest absolute Gasteiger partial charge is 0.506 e. The summed E-state index contributed by atoms with van der Waals surface area (Å²) in [5.41, 5.74) is 2.03. The Balaban J connectivity index is 0.00000363. The highest BCUT2D eigenvalue weighted by atomic mass is 127. The van der Waals surface area contributed by atoms with E-state index in [-0.39, 0.29) is 30.0 Å². The standard InChI is InChI=1S/C24H35N5O2.HI/c1-5-25-24(26-18-21(27(2)3)19-10-6-9-13-23(19)31-4)29-16-14-28(15-17-29)20-11-7-8-12-22(20)30;/h6-13,21,30H,5,14-18H2,1-4H3,(H,25,26);1H. The number of likely N-dealkylation sites (N-methyl/N-ethyl adjacent to an activating group) is 1. The first-order valence-corrected chi connectivity index (χ1v) is 10.9. The van der Waals surface area contributed by atoms with Crippen LogP contribution in [0.4, 0.5) is 5.69 Å². The maximum atomic E-state index is 10.2. The van der Waals surface area contributed by atoms with Gasteiger partial charge in [-0.25, -0.2) is 0 Å². The first-order chi connectivity index (χ1) is 15.0. The van der Waals surface area contributed by atoms with Crippen LogP contribution < -0.4 is 15.0 Å². The van der Waals surface area contributed by atoms with E-state index in [1.807, 2.05) is 36.4 Å². The third kappa shape index (κ3) is 6.41. The highest BCUT2D eigenvalue weighted by Gasteiger charge is 2.23. The second-order valence-corrected chi connectivity index (χ2v) is 7.88. The van der Waals surface area contributed by atoms with Crippen molar-refractivity contribution in [1.29, 1.82) is 0 Å². The van der Waals surface area contributed by atoms with Gasteiger partial charge in [0, 0.05) is 38.3 Å². The Bertz CT molecular complexity index is 869. The molecule has 8 heteroatoms. The number of nitrogens with zero attached hydrogens (tertiary/aromatic N) is 4. The van der Waals surface area contributed by atoms with Crippen molar-refractivity contribution in [3.05, 3.63) is 54.1 Å². The van der Waals surface area contributed by atoms with Crippen LogP contribution in [-0.2, 0) is 0 Å². The van der Waals surface area contributed by atoms with E-state index in [0.29, 0.717) is 12.3 Å². The Morgan fingerprint density at radius 2 is 1.75 bits per heavy atom. The number of methoxy groups -OCH3 is 1. The van der Waals surface area contributed by atoms with Crippen molar-refractivity contribution in [3.8, 4) is 11.5 Å². The molecule has 176 valence electrons. The van der Waals surface area contributed by atoms with Crippen LogP contribution >= 0.6 is 24.0 Å². The minimum Gasteiger partial charge on any atom is -0.506 e. The fraction of sp³-hybridized carbons (Fsp3) is 0.458. The molecule has 1 fully saturated rings. The van der Waals surface area contributed by atoms with Crippen LogP contribution in [-0.4, -0.2) is 81.3 Å². The molecule has 1 aliphatic rings. The maximum absolute atomic E-state index is 10.2. The number of halogens is 1. The summed E-state index contributed by atoms with van der Waals surface area (Å²) in [6, 6.07) is 15.8. The number of ether oxygens (including phenoxy) is 1. The molecule has 0 amide bonds. The normalized spacial score (nSPS) is 15.3. The van der Waals surface area contributed by atoms with Crippen LogP contribution in [0.2, 0.25) is 0 Å². The molecule has 7 nitrogen and oxygen atoms in total. The van der Waals surface area contributed by atoms with E-state index in [0.717, 1.165) is 55.7 Å². The summed E-state index contributed by atoms with van der Waals surface area (Å²) in [5, 5.41) is 13.6. The van der Waals surface area contributed by atoms with E-state index in [1.165, 1.54) is 0 Å². The van der Waals surface area contributed by atoms with Crippen molar-refractivity contribution in [2.45, 2.75) is 13.0 Å². The molecule has 0 radical (unpaired) electrons. The molecule has 0 aromatic heterocycles. The van der Waals surface area contributed by atoms with Gasteiger partial charge in [-0.15, -0.1) is 24.0 Å². The number of phenolic OH excluding ortho intramolecular Hbond substituents is 1. The second kappa shape index (κ2) is 12.7. The summed E-state index contributed by atoms with van der Waals surface area (Å²) >= 11 is 0. The zero-order chi connectivity index (χ0) is 22.2. The minimum absolute atomic E-state index is 0. The molecule has 0 spiro atoms. The molecule has 2 aromatic carbocycles. The second-order valence-electron chi connectivity index (χ2n) is 7.88. The molecule has 0 aliphatic carbocycles. The number of hydrogen-bond acceptors (Lipinski definition) is 5. The number of phenols is 1. The maximum Gasteiger partial charge on any atom is 0.194 e. The van der Waals surface area contributed by atoms with Crippen molar-refractivity contribution in [2.24, 2.45) is 4.99 Å². The molecule has 1 aliphatic heterocycles. The molecule has 3 rings (SSSR count). The minimum atomic E-state index is 0. The molecule has 1 unspecified atom stereocenters. The lowest BCUT2D eigenvalue weighted by Gasteiger charge is -2.38. The summed E-state index contributed by atoms with van der Waals surface area (Å²) < 4.78 is 5.58. The third-order valence-corrected chi connectivity index (χ3v) is 5.67. The quantitative estimate of drug-likeness (QED) is 0.312. The highest BCUT2D eigenvalue weighted by Crippen LogP contribution is 2.29. The lowest BCUT2D eigenvalue weighted by Crippen LogP contribution is -2.52. The van der Waals surface area contributed by atoms with Gasteiger partial charge in [-0.3, -0.25) is 4.99 Å². The van der Waals surface area contributed by atoms with Gasteiger partial charge in [0.1, 0.15) is 11.5 Å². The molecular weight excluding hydrogens is 517 g/mol. The van der Waals surface area contributed by atoms with Crippen LogP contribution in [0.25, 0.3) is 0 Å². The predicted molar refractivity (Wildman–Crippen MR) is 143 cm³/mol. The average molecular weight is 553 g/mol. The highest BCUT2D eigenvalue weighted by molar-refractivity contribution is 14.0. The fourth-order valence-corrected chi connectivity index (χ4v) is 3.97. The van der Waals surface area contributed by atoms with Gasteiger partial charge in [-0.2, -0.15) is 0 Å². The van der Waals surface area contributed by atoms with E-state index in [2.05, 4.69) is 47.1 Å². The van der Waals surface area contributed by atoms with Gasteiger partial charge in [0.25, 0.3) is 0 Å². The number of aromatic hydroxyl groups is 1. The molecule has 1 atom stereocenters. The average Bonchev–Trinajstić information content (AvgIpc) is 2.79. The summed E-state index contributed by atoms with van der Waals surface area (Å²) in [6.45, 7) is 6.92. The van der Waals surface area contributed by atoms with Crippen LogP contribution in [0.1, 0.15) is 18.5 Å². The molecule has 1 heterocycles. The predicted octanol–water partition coefficient (Wildman–Crippen LogP) is 3.41.